The Bertz CT molecular complexity index is 1200. The van der Waals surface area contributed by atoms with Gasteiger partial charge in [0.25, 0.3) is 5.95 Å². The highest BCUT2D eigenvalue weighted by Gasteiger charge is 2.12. The van der Waals surface area contributed by atoms with Crippen LogP contribution in [0, 0.1) is 0 Å². The smallest absolute Gasteiger partial charge is 0.265 e. The SMILES string of the molecule is CCCCCCOc1ccc(/C=N/Nc2nnc3c4cc(Br)ccc4n(C)c3n2)cc1. The predicted octanol–water partition coefficient (Wildman–Crippen LogP) is 5.68. The van der Waals surface area contributed by atoms with Gasteiger partial charge in [0.2, 0.25) is 0 Å². The van der Waals surface area contributed by atoms with E-state index < -0.39 is 0 Å². The van der Waals surface area contributed by atoms with Crippen LogP contribution in [0.25, 0.3) is 22.1 Å². The van der Waals surface area contributed by atoms with Crippen LogP contribution < -0.4 is 10.2 Å². The van der Waals surface area contributed by atoms with Gasteiger partial charge in [-0.1, -0.05) is 42.1 Å². The van der Waals surface area contributed by atoms with Crippen molar-refractivity contribution in [2.45, 2.75) is 32.6 Å². The maximum Gasteiger partial charge on any atom is 0.265 e. The molecule has 0 aliphatic carbocycles. The first-order chi connectivity index (χ1) is 15.2. The van der Waals surface area contributed by atoms with Crippen LogP contribution in [0.5, 0.6) is 5.75 Å². The second-order valence-corrected chi connectivity index (χ2v) is 8.29. The van der Waals surface area contributed by atoms with Crippen LogP contribution in [-0.4, -0.2) is 32.6 Å². The van der Waals surface area contributed by atoms with Gasteiger partial charge in [-0.25, -0.2) is 5.43 Å². The average Bonchev–Trinajstić information content (AvgIpc) is 3.05. The van der Waals surface area contributed by atoms with E-state index in [1.165, 1.54) is 19.3 Å². The van der Waals surface area contributed by atoms with E-state index in [4.69, 9.17) is 4.74 Å². The molecular weight excluding hydrogens is 456 g/mol. The summed E-state index contributed by atoms with van der Waals surface area (Å²) in [5, 5.41) is 13.8. The molecule has 0 unspecified atom stereocenters. The Kier molecular flexibility index (Phi) is 6.76. The van der Waals surface area contributed by atoms with Gasteiger partial charge in [0, 0.05) is 16.9 Å². The molecule has 0 bridgehead atoms. The lowest BCUT2D eigenvalue weighted by Gasteiger charge is -2.05. The standard InChI is InChI=1S/C23H25BrN6O/c1-3-4-5-6-13-31-18-10-7-16(8-11-18)15-25-28-23-26-22-21(27-29-23)19-14-17(24)9-12-20(19)30(22)2/h7-12,14-15H,3-6,13H2,1-2H3,(H,26,28,29)/b25-15+. The highest BCUT2D eigenvalue weighted by Crippen LogP contribution is 2.28. The molecule has 0 spiro atoms. The number of ether oxygens (including phenoxy) is 1. The van der Waals surface area contributed by atoms with E-state index in [-0.39, 0.29) is 0 Å². The maximum absolute atomic E-state index is 5.77. The quantitative estimate of drug-likeness (QED) is 0.189. The fourth-order valence-electron chi connectivity index (χ4n) is 3.41. The minimum absolute atomic E-state index is 0.348. The van der Waals surface area contributed by atoms with Gasteiger partial charge in [-0.3, -0.25) is 0 Å². The van der Waals surface area contributed by atoms with Crippen molar-refractivity contribution in [3.05, 3.63) is 52.5 Å². The topological polar surface area (TPSA) is 77.2 Å². The Hall–Kier alpha value is -3.00. The molecule has 0 fully saturated rings. The number of hydrazone groups is 1. The number of halogens is 1. The Morgan fingerprint density at radius 1 is 1.10 bits per heavy atom. The summed E-state index contributed by atoms with van der Waals surface area (Å²) in [7, 11) is 1.97. The molecule has 0 atom stereocenters. The van der Waals surface area contributed by atoms with Gasteiger partial charge < -0.3 is 9.30 Å². The van der Waals surface area contributed by atoms with Gasteiger partial charge in [-0.2, -0.15) is 10.1 Å². The zero-order chi connectivity index (χ0) is 21.6. The van der Waals surface area contributed by atoms with Crippen LogP contribution in [0.4, 0.5) is 5.95 Å². The van der Waals surface area contributed by atoms with Gasteiger partial charge in [-0.05, 0) is 54.4 Å². The molecule has 2 heterocycles. The van der Waals surface area contributed by atoms with Gasteiger partial charge in [0.05, 0.1) is 18.3 Å². The molecule has 0 aliphatic heterocycles. The third-order valence-corrected chi connectivity index (χ3v) is 5.58. The van der Waals surface area contributed by atoms with E-state index in [2.05, 4.69) is 48.6 Å². The molecule has 8 heteroatoms. The molecule has 4 aromatic rings. The van der Waals surface area contributed by atoms with E-state index in [9.17, 15) is 0 Å². The minimum Gasteiger partial charge on any atom is -0.494 e. The van der Waals surface area contributed by atoms with Crippen LogP contribution in [0.3, 0.4) is 0 Å². The Morgan fingerprint density at radius 2 is 1.94 bits per heavy atom. The van der Waals surface area contributed by atoms with Crippen molar-refractivity contribution < 1.29 is 4.74 Å². The normalized spacial score (nSPS) is 11.6. The number of rotatable bonds is 9. The number of aryl methyl sites for hydroxylation is 1. The number of anilines is 1. The third-order valence-electron chi connectivity index (χ3n) is 5.09. The summed E-state index contributed by atoms with van der Waals surface area (Å²) in [5.74, 6) is 1.22. The van der Waals surface area contributed by atoms with Crippen molar-refractivity contribution in [2.24, 2.45) is 12.1 Å². The first kappa shape index (κ1) is 21.2. The Balaban J connectivity index is 1.39. The number of nitrogens with zero attached hydrogens (tertiary/aromatic N) is 5. The number of hydrogen-bond acceptors (Lipinski definition) is 6. The Labute approximate surface area is 189 Å². The molecule has 2 aromatic heterocycles. The van der Waals surface area contributed by atoms with E-state index in [0.29, 0.717) is 5.95 Å². The summed E-state index contributed by atoms with van der Waals surface area (Å²) in [5.41, 5.74) is 6.38. The van der Waals surface area contributed by atoms with Gasteiger partial charge in [0.15, 0.2) is 5.65 Å². The molecule has 7 nitrogen and oxygen atoms in total. The van der Waals surface area contributed by atoms with Crippen LogP contribution in [-0.2, 0) is 7.05 Å². The van der Waals surface area contributed by atoms with Crippen molar-refractivity contribution in [1.82, 2.24) is 19.7 Å². The fourth-order valence-corrected chi connectivity index (χ4v) is 3.77. The zero-order valence-electron chi connectivity index (χ0n) is 17.7. The highest BCUT2D eigenvalue weighted by atomic mass is 79.9. The molecule has 0 saturated carbocycles. The summed E-state index contributed by atoms with van der Waals surface area (Å²) in [6.07, 6.45) is 6.52. The lowest BCUT2D eigenvalue weighted by molar-refractivity contribution is 0.305. The van der Waals surface area contributed by atoms with Crippen LogP contribution in [0.1, 0.15) is 38.2 Å². The van der Waals surface area contributed by atoms with Crippen LogP contribution in [0.2, 0.25) is 0 Å². The highest BCUT2D eigenvalue weighted by molar-refractivity contribution is 9.10. The molecule has 4 rings (SSSR count). The molecule has 0 saturated heterocycles. The first-order valence-electron chi connectivity index (χ1n) is 10.5. The molecule has 0 amide bonds. The van der Waals surface area contributed by atoms with E-state index >= 15 is 0 Å². The summed E-state index contributed by atoms with van der Waals surface area (Å²) in [6.45, 7) is 2.96. The van der Waals surface area contributed by atoms with Crippen molar-refractivity contribution in [3.8, 4) is 5.75 Å². The number of fused-ring (bicyclic) bond motifs is 3. The number of nitrogens with one attached hydrogen (secondary N) is 1. The van der Waals surface area contributed by atoms with Crippen molar-refractivity contribution in [2.75, 3.05) is 12.0 Å². The van der Waals surface area contributed by atoms with Gasteiger partial charge >= 0.3 is 0 Å². The molecule has 160 valence electrons. The fraction of sp³-hybridized carbons (Fsp3) is 0.304. The van der Waals surface area contributed by atoms with Crippen LogP contribution in [0.15, 0.2) is 52.0 Å². The van der Waals surface area contributed by atoms with E-state index in [0.717, 1.165) is 50.9 Å². The molecular formula is C23H25BrN6O. The maximum atomic E-state index is 5.77. The monoisotopic (exact) mass is 480 g/mol. The second kappa shape index (κ2) is 9.87. The zero-order valence-corrected chi connectivity index (χ0v) is 19.3. The van der Waals surface area contributed by atoms with Gasteiger partial charge in [-0.15, -0.1) is 10.2 Å². The second-order valence-electron chi connectivity index (χ2n) is 7.38. The average molecular weight is 481 g/mol. The number of hydrogen-bond donors (Lipinski definition) is 1. The lowest BCUT2D eigenvalue weighted by atomic mass is 10.2. The van der Waals surface area contributed by atoms with Gasteiger partial charge in [0.1, 0.15) is 11.3 Å². The largest absolute Gasteiger partial charge is 0.494 e. The molecule has 0 aliphatic rings. The summed E-state index contributed by atoms with van der Waals surface area (Å²) in [4.78, 5) is 4.57. The van der Waals surface area contributed by atoms with Crippen molar-refractivity contribution >= 4 is 50.2 Å². The summed E-state index contributed by atoms with van der Waals surface area (Å²) < 4.78 is 8.77. The minimum atomic E-state index is 0.348. The van der Waals surface area contributed by atoms with Crippen molar-refractivity contribution in [1.29, 1.82) is 0 Å². The predicted molar refractivity (Wildman–Crippen MR) is 129 cm³/mol. The molecule has 31 heavy (non-hydrogen) atoms. The number of aromatic nitrogens is 4. The number of unbranched alkanes of at least 4 members (excludes halogenated alkanes) is 3. The summed E-state index contributed by atoms with van der Waals surface area (Å²) in [6, 6.07) is 13.9. The number of benzene rings is 2. The van der Waals surface area contributed by atoms with E-state index in [1.807, 2.05) is 54.1 Å². The van der Waals surface area contributed by atoms with Crippen LogP contribution >= 0.6 is 15.9 Å². The third kappa shape index (κ3) is 5.02. The first-order valence-corrected chi connectivity index (χ1v) is 11.3. The Morgan fingerprint density at radius 3 is 2.74 bits per heavy atom. The molecule has 1 N–H and O–H groups in total. The summed E-state index contributed by atoms with van der Waals surface area (Å²) >= 11 is 3.51. The van der Waals surface area contributed by atoms with E-state index in [1.54, 1.807) is 6.21 Å². The molecule has 0 radical (unpaired) electrons. The van der Waals surface area contributed by atoms with Crippen molar-refractivity contribution in [3.63, 3.8) is 0 Å². The molecule has 2 aromatic carbocycles. The lowest BCUT2D eigenvalue weighted by Crippen LogP contribution is -2.01.